The van der Waals surface area contributed by atoms with Crippen LogP contribution >= 0.6 is 0 Å². The number of carbonyl (C=O) groups excluding carboxylic acids is 1. The Bertz CT molecular complexity index is 815. The summed E-state index contributed by atoms with van der Waals surface area (Å²) in [6.45, 7) is 2.87. The summed E-state index contributed by atoms with van der Waals surface area (Å²) in [4.78, 5) is 12.0. The zero-order valence-electron chi connectivity index (χ0n) is 16.8. The summed E-state index contributed by atoms with van der Waals surface area (Å²) in [5.41, 5.74) is 2.09. The third-order valence-corrected chi connectivity index (χ3v) is 5.13. The highest BCUT2D eigenvalue weighted by molar-refractivity contribution is 5.67. The van der Waals surface area contributed by atoms with Gasteiger partial charge in [-0.2, -0.15) is 5.26 Å². The third kappa shape index (κ3) is 6.25. The number of hydrogen-bond donors (Lipinski definition) is 0. The van der Waals surface area contributed by atoms with Gasteiger partial charge in [-0.1, -0.05) is 37.6 Å². The van der Waals surface area contributed by atoms with Crippen molar-refractivity contribution in [2.24, 2.45) is 5.92 Å². The molecule has 1 fully saturated rings. The van der Waals surface area contributed by atoms with Gasteiger partial charge in [0.05, 0.1) is 12.7 Å². The lowest BCUT2D eigenvalue weighted by molar-refractivity contribution is 0.0375. The van der Waals surface area contributed by atoms with Gasteiger partial charge < -0.3 is 14.2 Å². The molecule has 0 aliphatic heterocycles. The maximum absolute atomic E-state index is 12.0. The molecule has 0 saturated heterocycles. The second kappa shape index (κ2) is 10.5. The van der Waals surface area contributed by atoms with Gasteiger partial charge in [0.1, 0.15) is 17.6 Å². The van der Waals surface area contributed by atoms with Crippen molar-refractivity contribution in [3.8, 4) is 28.7 Å². The van der Waals surface area contributed by atoms with E-state index in [4.69, 9.17) is 19.5 Å². The fourth-order valence-electron chi connectivity index (χ4n) is 3.36. The Morgan fingerprint density at radius 2 is 1.55 bits per heavy atom. The van der Waals surface area contributed by atoms with E-state index in [0.717, 1.165) is 49.2 Å². The molecule has 29 heavy (non-hydrogen) atoms. The smallest absolute Gasteiger partial charge is 0.494 e. The molecule has 3 rings (SSSR count). The predicted molar refractivity (Wildman–Crippen MR) is 111 cm³/mol. The van der Waals surface area contributed by atoms with Crippen LogP contribution < -0.4 is 9.47 Å². The zero-order valence-corrected chi connectivity index (χ0v) is 16.8. The van der Waals surface area contributed by atoms with Crippen LogP contribution in [-0.4, -0.2) is 18.9 Å². The van der Waals surface area contributed by atoms with Crippen molar-refractivity contribution in [2.45, 2.75) is 51.6 Å². The quantitative estimate of drug-likeness (QED) is 0.321. The van der Waals surface area contributed by atoms with Crippen molar-refractivity contribution in [3.63, 3.8) is 0 Å². The minimum Gasteiger partial charge on any atom is -0.494 e. The molecule has 0 amide bonds. The Labute approximate surface area is 172 Å². The first-order valence-corrected chi connectivity index (χ1v) is 10.3. The van der Waals surface area contributed by atoms with Crippen LogP contribution in [0.15, 0.2) is 48.5 Å². The molecule has 0 radical (unpaired) electrons. The molecule has 0 aromatic heterocycles. The first kappa shape index (κ1) is 20.7. The fraction of sp³-hybridized carbons (Fsp3) is 0.417. The van der Waals surface area contributed by atoms with Crippen molar-refractivity contribution in [1.29, 1.82) is 5.26 Å². The van der Waals surface area contributed by atoms with E-state index in [9.17, 15) is 4.79 Å². The number of hydrogen-bond acceptors (Lipinski definition) is 5. The second-order valence-electron chi connectivity index (χ2n) is 7.32. The standard InChI is InChI=1S/C24H27NO4/c1-2-3-16-27-21-12-6-19(7-13-21)20-8-14-23(15-9-20)29-24(26)28-22-10-4-18(17-25)5-11-22/h6-9,12-15,18,22H,2-5,10-11,16H2,1H3. The Kier molecular flexibility index (Phi) is 7.52. The maximum atomic E-state index is 12.0. The highest BCUT2D eigenvalue weighted by atomic mass is 16.7. The summed E-state index contributed by atoms with van der Waals surface area (Å²) in [6, 6.07) is 17.6. The van der Waals surface area contributed by atoms with Crippen LogP contribution in [0.3, 0.4) is 0 Å². The molecule has 5 nitrogen and oxygen atoms in total. The highest BCUT2D eigenvalue weighted by Crippen LogP contribution is 2.27. The Morgan fingerprint density at radius 1 is 0.966 bits per heavy atom. The lowest BCUT2D eigenvalue weighted by atomic mass is 9.88. The first-order chi connectivity index (χ1) is 14.2. The van der Waals surface area contributed by atoms with Gasteiger partial charge >= 0.3 is 6.16 Å². The molecule has 0 unspecified atom stereocenters. The van der Waals surface area contributed by atoms with Gasteiger partial charge in [0.25, 0.3) is 0 Å². The highest BCUT2D eigenvalue weighted by Gasteiger charge is 2.24. The average Bonchev–Trinajstić information content (AvgIpc) is 2.75. The van der Waals surface area contributed by atoms with Gasteiger partial charge in [-0.15, -0.1) is 0 Å². The van der Waals surface area contributed by atoms with Crippen molar-refractivity contribution in [2.75, 3.05) is 6.61 Å². The zero-order chi connectivity index (χ0) is 20.5. The number of rotatable bonds is 7. The Hall–Kier alpha value is -3.00. The summed E-state index contributed by atoms with van der Waals surface area (Å²) in [5.74, 6) is 1.40. The monoisotopic (exact) mass is 393 g/mol. The fourth-order valence-corrected chi connectivity index (χ4v) is 3.36. The molecule has 0 N–H and O–H groups in total. The van der Waals surface area contributed by atoms with E-state index in [0.29, 0.717) is 18.6 Å². The molecule has 5 heteroatoms. The molecular formula is C24H27NO4. The predicted octanol–water partition coefficient (Wildman–Crippen LogP) is 6.13. The van der Waals surface area contributed by atoms with Crippen LogP contribution in [0.5, 0.6) is 11.5 Å². The van der Waals surface area contributed by atoms with E-state index >= 15 is 0 Å². The van der Waals surface area contributed by atoms with Crippen LogP contribution in [0.1, 0.15) is 45.4 Å². The lowest BCUT2D eigenvalue weighted by Gasteiger charge is -2.24. The van der Waals surface area contributed by atoms with Gasteiger partial charge in [-0.05, 0) is 67.5 Å². The number of nitriles is 1. The minimum atomic E-state index is -0.688. The van der Waals surface area contributed by atoms with E-state index in [1.807, 2.05) is 36.4 Å². The number of carbonyl (C=O) groups is 1. The topological polar surface area (TPSA) is 68.6 Å². The molecule has 2 aromatic rings. The molecule has 0 spiro atoms. The van der Waals surface area contributed by atoms with Gasteiger partial charge in [-0.3, -0.25) is 0 Å². The van der Waals surface area contributed by atoms with E-state index in [-0.39, 0.29) is 12.0 Å². The summed E-state index contributed by atoms with van der Waals surface area (Å²) >= 11 is 0. The van der Waals surface area contributed by atoms with E-state index in [2.05, 4.69) is 13.0 Å². The van der Waals surface area contributed by atoms with Gasteiger partial charge in [0.15, 0.2) is 0 Å². The van der Waals surface area contributed by atoms with E-state index < -0.39 is 6.16 Å². The molecule has 0 atom stereocenters. The second-order valence-corrected chi connectivity index (χ2v) is 7.32. The number of unbranched alkanes of at least 4 members (excludes halogenated alkanes) is 1. The van der Waals surface area contributed by atoms with Crippen molar-refractivity contribution >= 4 is 6.16 Å². The summed E-state index contributed by atoms with van der Waals surface area (Å²) in [5, 5.41) is 8.93. The van der Waals surface area contributed by atoms with Crippen LogP contribution in [0.2, 0.25) is 0 Å². The summed E-state index contributed by atoms with van der Waals surface area (Å²) < 4.78 is 16.3. The summed E-state index contributed by atoms with van der Waals surface area (Å²) in [7, 11) is 0. The molecule has 1 saturated carbocycles. The van der Waals surface area contributed by atoms with Crippen molar-refractivity contribution < 1.29 is 19.0 Å². The van der Waals surface area contributed by atoms with Gasteiger partial charge in [0.2, 0.25) is 0 Å². The van der Waals surface area contributed by atoms with Gasteiger partial charge in [-0.25, -0.2) is 4.79 Å². The maximum Gasteiger partial charge on any atom is 0.514 e. The molecule has 2 aromatic carbocycles. The van der Waals surface area contributed by atoms with E-state index in [1.165, 1.54) is 0 Å². The lowest BCUT2D eigenvalue weighted by Crippen LogP contribution is -2.25. The minimum absolute atomic E-state index is 0.0791. The first-order valence-electron chi connectivity index (χ1n) is 10.3. The molecular weight excluding hydrogens is 366 g/mol. The summed E-state index contributed by atoms with van der Waals surface area (Å²) in [6.07, 6.45) is 4.28. The Balaban J connectivity index is 1.49. The van der Waals surface area contributed by atoms with Crippen LogP contribution in [0.25, 0.3) is 11.1 Å². The number of benzene rings is 2. The largest absolute Gasteiger partial charge is 0.514 e. The molecule has 0 bridgehead atoms. The van der Waals surface area contributed by atoms with Crippen LogP contribution in [0, 0.1) is 17.2 Å². The van der Waals surface area contributed by atoms with Crippen molar-refractivity contribution in [3.05, 3.63) is 48.5 Å². The molecule has 0 heterocycles. The average molecular weight is 393 g/mol. The van der Waals surface area contributed by atoms with E-state index in [1.54, 1.807) is 12.1 Å². The Morgan fingerprint density at radius 3 is 2.10 bits per heavy atom. The van der Waals surface area contributed by atoms with Gasteiger partial charge in [0, 0.05) is 5.92 Å². The van der Waals surface area contributed by atoms with Crippen molar-refractivity contribution in [1.82, 2.24) is 0 Å². The van der Waals surface area contributed by atoms with Crippen LogP contribution in [-0.2, 0) is 4.74 Å². The normalized spacial score (nSPS) is 18.5. The van der Waals surface area contributed by atoms with Crippen LogP contribution in [0.4, 0.5) is 4.79 Å². The third-order valence-electron chi connectivity index (χ3n) is 5.13. The molecule has 1 aliphatic rings. The SMILES string of the molecule is CCCCOc1ccc(-c2ccc(OC(=O)OC3CCC(C#N)CC3)cc2)cc1. The molecule has 1 aliphatic carbocycles. The number of ether oxygens (including phenoxy) is 3. The molecule has 152 valence electrons. The number of nitrogens with zero attached hydrogens (tertiary/aromatic N) is 1.